The lowest BCUT2D eigenvalue weighted by atomic mass is 10.0. The number of carbonyl (C=O) groups is 1. The van der Waals surface area contributed by atoms with Gasteiger partial charge < -0.3 is 14.8 Å². The zero-order valence-corrected chi connectivity index (χ0v) is 11.1. The Labute approximate surface area is 115 Å². The minimum absolute atomic E-state index is 0.120. The Morgan fingerprint density at radius 2 is 2.35 bits per heavy atom. The van der Waals surface area contributed by atoms with E-state index in [1.54, 1.807) is 0 Å². The summed E-state index contributed by atoms with van der Waals surface area (Å²) in [6, 6.07) is 5.72. The summed E-state index contributed by atoms with van der Waals surface area (Å²) >= 11 is 0. The third kappa shape index (κ3) is 2.24. The average Bonchev–Trinajstić information content (AvgIpc) is 3.05. The summed E-state index contributed by atoms with van der Waals surface area (Å²) in [6.45, 7) is 1.96. The highest BCUT2D eigenvalue weighted by atomic mass is 16.4. The summed E-state index contributed by atoms with van der Waals surface area (Å²) in [5, 5.41) is 19.3. The molecule has 1 atom stereocenters. The van der Waals surface area contributed by atoms with Gasteiger partial charge in [0.2, 0.25) is 11.8 Å². The van der Waals surface area contributed by atoms with Crippen LogP contribution in [0.4, 0.5) is 4.79 Å². The molecule has 2 aromatic rings. The van der Waals surface area contributed by atoms with Crippen molar-refractivity contribution in [1.82, 2.24) is 15.5 Å². The van der Waals surface area contributed by atoms with E-state index >= 15 is 0 Å². The first-order valence-electron chi connectivity index (χ1n) is 6.62. The number of aromatic nitrogens is 2. The van der Waals surface area contributed by atoms with Gasteiger partial charge in [0, 0.05) is 12.0 Å². The summed E-state index contributed by atoms with van der Waals surface area (Å²) in [4.78, 5) is 10.7. The van der Waals surface area contributed by atoms with Crippen LogP contribution in [0.3, 0.4) is 0 Å². The third-order valence-electron chi connectivity index (χ3n) is 3.53. The van der Waals surface area contributed by atoms with Gasteiger partial charge in [0.15, 0.2) is 0 Å². The number of nitrogens with one attached hydrogen (secondary N) is 1. The zero-order valence-electron chi connectivity index (χ0n) is 11.1. The number of rotatable bonds is 3. The van der Waals surface area contributed by atoms with Crippen LogP contribution in [0.5, 0.6) is 0 Å². The van der Waals surface area contributed by atoms with Gasteiger partial charge in [0.05, 0.1) is 6.04 Å². The molecular weight excluding hydrogens is 258 g/mol. The van der Waals surface area contributed by atoms with E-state index in [4.69, 9.17) is 9.52 Å². The fraction of sp³-hybridized carbons (Fsp3) is 0.357. The Morgan fingerprint density at radius 1 is 1.50 bits per heavy atom. The van der Waals surface area contributed by atoms with Crippen molar-refractivity contribution in [2.75, 3.05) is 0 Å². The predicted octanol–water partition coefficient (Wildman–Crippen LogP) is 2.55. The van der Waals surface area contributed by atoms with Crippen molar-refractivity contribution in [2.24, 2.45) is 0 Å². The number of hydrogen-bond acceptors (Lipinski definition) is 4. The zero-order chi connectivity index (χ0) is 14.1. The maximum atomic E-state index is 10.7. The number of nitrogens with zero attached hydrogens (tertiary/aromatic N) is 2. The van der Waals surface area contributed by atoms with Crippen LogP contribution in [-0.4, -0.2) is 21.4 Å². The van der Waals surface area contributed by atoms with Crippen LogP contribution in [0.1, 0.15) is 36.4 Å². The number of amides is 1. The Kier molecular flexibility index (Phi) is 3.14. The predicted molar refractivity (Wildman–Crippen MR) is 71.3 cm³/mol. The molecule has 0 bridgehead atoms. The second-order valence-corrected chi connectivity index (χ2v) is 4.81. The summed E-state index contributed by atoms with van der Waals surface area (Å²) in [5.74, 6) is 1.13. The Balaban J connectivity index is 1.89. The second kappa shape index (κ2) is 4.96. The maximum absolute atomic E-state index is 10.7. The number of aryl methyl sites for hydroxylation is 2. The fourth-order valence-electron chi connectivity index (χ4n) is 2.56. The average molecular weight is 273 g/mol. The van der Waals surface area contributed by atoms with Gasteiger partial charge in [-0.1, -0.05) is 13.0 Å². The molecule has 104 valence electrons. The van der Waals surface area contributed by atoms with Crippen molar-refractivity contribution < 1.29 is 14.3 Å². The molecule has 6 nitrogen and oxygen atoms in total. The molecule has 0 unspecified atom stereocenters. The van der Waals surface area contributed by atoms with Crippen LogP contribution >= 0.6 is 0 Å². The van der Waals surface area contributed by atoms with Crippen LogP contribution in [0.2, 0.25) is 0 Å². The lowest BCUT2D eigenvalue weighted by Gasteiger charge is -2.11. The molecular formula is C14H15N3O3. The Hall–Kier alpha value is -2.37. The van der Waals surface area contributed by atoms with Gasteiger partial charge >= 0.3 is 6.09 Å². The van der Waals surface area contributed by atoms with Gasteiger partial charge in [-0.25, -0.2) is 4.79 Å². The van der Waals surface area contributed by atoms with E-state index in [1.165, 1.54) is 0 Å². The van der Waals surface area contributed by atoms with Crippen molar-refractivity contribution in [3.05, 3.63) is 35.2 Å². The second-order valence-electron chi connectivity index (χ2n) is 4.81. The van der Waals surface area contributed by atoms with Crippen molar-refractivity contribution in [1.29, 1.82) is 0 Å². The van der Waals surface area contributed by atoms with Crippen LogP contribution in [-0.2, 0) is 12.8 Å². The molecule has 20 heavy (non-hydrogen) atoms. The van der Waals surface area contributed by atoms with Crippen LogP contribution in [0, 0.1) is 0 Å². The molecule has 1 aromatic heterocycles. The van der Waals surface area contributed by atoms with Crippen molar-refractivity contribution in [2.45, 2.75) is 32.2 Å². The molecule has 1 heterocycles. The van der Waals surface area contributed by atoms with Crippen LogP contribution in [0.15, 0.2) is 22.6 Å². The minimum atomic E-state index is -0.989. The summed E-state index contributed by atoms with van der Waals surface area (Å²) < 4.78 is 5.54. The normalized spacial score (nSPS) is 16.9. The number of benzene rings is 1. The van der Waals surface area contributed by atoms with Crippen LogP contribution in [0.25, 0.3) is 11.5 Å². The standard InChI is InChI=1S/C14H15N3O3/c1-2-12-16-17-13(20-12)9-3-5-10-8(7-9)4-6-11(10)15-14(18)19/h3,5,7,11,15H,2,4,6H2,1H3,(H,18,19)/t11-/m1/s1. The highest BCUT2D eigenvalue weighted by Gasteiger charge is 2.24. The molecule has 3 rings (SSSR count). The first-order chi connectivity index (χ1) is 9.67. The summed E-state index contributed by atoms with van der Waals surface area (Å²) in [6.07, 6.45) is 1.36. The van der Waals surface area contributed by atoms with Crippen molar-refractivity contribution in [3.63, 3.8) is 0 Å². The van der Waals surface area contributed by atoms with E-state index in [0.717, 1.165) is 29.5 Å². The van der Waals surface area contributed by atoms with E-state index in [2.05, 4.69) is 15.5 Å². The topological polar surface area (TPSA) is 88.2 Å². The first-order valence-corrected chi connectivity index (χ1v) is 6.62. The van der Waals surface area contributed by atoms with Gasteiger partial charge in [0.25, 0.3) is 0 Å². The maximum Gasteiger partial charge on any atom is 0.405 e. The van der Waals surface area contributed by atoms with Gasteiger partial charge in [-0.3, -0.25) is 0 Å². The molecule has 0 aliphatic heterocycles. The van der Waals surface area contributed by atoms with Gasteiger partial charge in [-0.15, -0.1) is 10.2 Å². The SMILES string of the molecule is CCc1nnc(-c2ccc3c(c2)CC[C@H]3NC(=O)O)o1. The smallest absolute Gasteiger partial charge is 0.405 e. The Morgan fingerprint density at radius 3 is 3.05 bits per heavy atom. The highest BCUT2D eigenvalue weighted by Crippen LogP contribution is 2.33. The van der Waals surface area contributed by atoms with E-state index in [-0.39, 0.29) is 6.04 Å². The van der Waals surface area contributed by atoms with Gasteiger partial charge in [0.1, 0.15) is 0 Å². The fourth-order valence-corrected chi connectivity index (χ4v) is 2.56. The van der Waals surface area contributed by atoms with Gasteiger partial charge in [-0.05, 0) is 36.1 Å². The molecule has 0 spiro atoms. The molecule has 1 aliphatic carbocycles. The van der Waals surface area contributed by atoms with E-state index in [0.29, 0.717) is 18.2 Å². The lowest BCUT2D eigenvalue weighted by Crippen LogP contribution is -2.24. The van der Waals surface area contributed by atoms with E-state index < -0.39 is 6.09 Å². The summed E-state index contributed by atoms with van der Waals surface area (Å²) in [5.41, 5.74) is 3.05. The molecule has 1 amide bonds. The largest absolute Gasteiger partial charge is 0.465 e. The lowest BCUT2D eigenvalue weighted by molar-refractivity contribution is 0.190. The number of hydrogen-bond donors (Lipinski definition) is 2. The minimum Gasteiger partial charge on any atom is -0.465 e. The van der Waals surface area contributed by atoms with Crippen molar-refractivity contribution >= 4 is 6.09 Å². The molecule has 0 radical (unpaired) electrons. The van der Waals surface area contributed by atoms with Gasteiger partial charge in [-0.2, -0.15) is 0 Å². The number of fused-ring (bicyclic) bond motifs is 1. The Bertz CT molecular complexity index is 651. The third-order valence-corrected chi connectivity index (χ3v) is 3.53. The monoisotopic (exact) mass is 273 g/mol. The molecule has 0 fully saturated rings. The molecule has 0 saturated heterocycles. The molecule has 1 aromatic carbocycles. The summed E-state index contributed by atoms with van der Waals surface area (Å²) in [7, 11) is 0. The highest BCUT2D eigenvalue weighted by molar-refractivity contribution is 5.66. The molecule has 1 aliphatic rings. The van der Waals surface area contributed by atoms with Crippen LogP contribution < -0.4 is 5.32 Å². The molecule has 0 saturated carbocycles. The molecule has 2 N–H and O–H groups in total. The van der Waals surface area contributed by atoms with E-state index in [1.807, 2.05) is 25.1 Å². The molecule has 6 heteroatoms. The quantitative estimate of drug-likeness (QED) is 0.897. The van der Waals surface area contributed by atoms with E-state index in [9.17, 15) is 4.79 Å². The van der Waals surface area contributed by atoms with Crippen molar-refractivity contribution in [3.8, 4) is 11.5 Å². The first kappa shape index (κ1) is 12.7. The number of carboxylic acid groups (broad SMARTS) is 1.